The molecule has 0 unspecified atom stereocenters. The molecule has 20 heavy (non-hydrogen) atoms. The van der Waals surface area contributed by atoms with Gasteiger partial charge in [-0.2, -0.15) is 4.98 Å². The van der Waals surface area contributed by atoms with Gasteiger partial charge in [0, 0.05) is 24.9 Å². The van der Waals surface area contributed by atoms with Crippen molar-refractivity contribution in [1.82, 2.24) is 9.55 Å². The highest BCUT2D eigenvalue weighted by Gasteiger charge is 2.21. The Hall–Kier alpha value is -1.69. The van der Waals surface area contributed by atoms with Gasteiger partial charge in [-0.25, -0.2) is 4.79 Å². The maximum atomic E-state index is 12.0. The number of carbonyl (C=O) groups is 1. The zero-order valence-corrected chi connectivity index (χ0v) is 12.7. The minimum atomic E-state index is -0.862. The van der Waals surface area contributed by atoms with Crippen molar-refractivity contribution in [2.75, 3.05) is 7.11 Å². The molecule has 6 heteroatoms. The molecule has 1 heterocycles. The van der Waals surface area contributed by atoms with Gasteiger partial charge in [-0.3, -0.25) is 9.36 Å². The predicted molar refractivity (Wildman–Crippen MR) is 75.0 cm³/mol. The molecule has 1 N–H and O–H groups in total. The lowest BCUT2D eigenvalue weighted by Crippen LogP contribution is -2.37. The van der Waals surface area contributed by atoms with Crippen LogP contribution in [-0.2, 0) is 22.5 Å². The highest BCUT2D eigenvalue weighted by atomic mass is 16.5. The zero-order chi connectivity index (χ0) is 15.5. The summed E-state index contributed by atoms with van der Waals surface area (Å²) in [6.07, 6.45) is 0.392. The van der Waals surface area contributed by atoms with E-state index in [0.717, 1.165) is 11.3 Å². The second-order valence-electron chi connectivity index (χ2n) is 5.49. The third-order valence-corrected chi connectivity index (χ3v) is 3.45. The number of aromatic nitrogens is 2. The minimum absolute atomic E-state index is 0.0231. The van der Waals surface area contributed by atoms with Gasteiger partial charge in [0.2, 0.25) is 0 Å². The van der Waals surface area contributed by atoms with Gasteiger partial charge < -0.3 is 9.84 Å². The fourth-order valence-electron chi connectivity index (χ4n) is 2.06. The first kappa shape index (κ1) is 16.4. The number of aryl methyl sites for hydroxylation is 1. The summed E-state index contributed by atoms with van der Waals surface area (Å²) in [7, 11) is 1.59. The first-order valence-electron chi connectivity index (χ1n) is 6.52. The molecular formula is C14H22N2O4. The van der Waals surface area contributed by atoms with Gasteiger partial charge in [-0.15, -0.1) is 0 Å². The van der Waals surface area contributed by atoms with E-state index in [2.05, 4.69) is 4.98 Å². The molecule has 0 saturated heterocycles. The number of carboxylic acids is 1. The van der Waals surface area contributed by atoms with Gasteiger partial charge >= 0.3 is 11.7 Å². The van der Waals surface area contributed by atoms with Gasteiger partial charge in [0.1, 0.15) is 0 Å². The van der Waals surface area contributed by atoms with Crippen molar-refractivity contribution in [2.45, 2.75) is 52.7 Å². The number of rotatable bonds is 6. The minimum Gasteiger partial charge on any atom is -0.481 e. The van der Waals surface area contributed by atoms with Gasteiger partial charge in [-0.05, 0) is 39.7 Å². The van der Waals surface area contributed by atoms with Crippen LogP contribution in [-0.4, -0.2) is 33.3 Å². The molecular weight excluding hydrogens is 260 g/mol. The maximum Gasteiger partial charge on any atom is 0.348 e. The molecule has 0 bridgehead atoms. The van der Waals surface area contributed by atoms with Crippen LogP contribution >= 0.6 is 0 Å². The van der Waals surface area contributed by atoms with Crippen LogP contribution in [0.2, 0.25) is 0 Å². The second-order valence-corrected chi connectivity index (χ2v) is 5.49. The summed E-state index contributed by atoms with van der Waals surface area (Å²) >= 11 is 0. The maximum absolute atomic E-state index is 12.0. The Morgan fingerprint density at radius 2 is 2.00 bits per heavy atom. The topological polar surface area (TPSA) is 81.4 Å². The smallest absolute Gasteiger partial charge is 0.348 e. The summed E-state index contributed by atoms with van der Waals surface area (Å²) < 4.78 is 6.89. The quantitative estimate of drug-likeness (QED) is 0.850. The van der Waals surface area contributed by atoms with E-state index in [1.165, 1.54) is 0 Å². The van der Waals surface area contributed by atoms with Gasteiger partial charge in [0.25, 0.3) is 0 Å². The average Bonchev–Trinajstić information content (AvgIpc) is 2.34. The Morgan fingerprint density at radius 1 is 1.40 bits per heavy atom. The monoisotopic (exact) mass is 282 g/mol. The van der Waals surface area contributed by atoms with E-state index in [1.807, 2.05) is 20.8 Å². The van der Waals surface area contributed by atoms with Gasteiger partial charge in [0.05, 0.1) is 12.1 Å². The summed E-state index contributed by atoms with van der Waals surface area (Å²) in [5, 5.41) is 8.80. The van der Waals surface area contributed by atoms with Crippen molar-refractivity contribution in [2.24, 2.45) is 0 Å². The van der Waals surface area contributed by atoms with Crippen molar-refractivity contribution >= 4 is 5.97 Å². The Morgan fingerprint density at radius 3 is 2.50 bits per heavy atom. The Labute approximate surface area is 118 Å². The highest BCUT2D eigenvalue weighted by Crippen LogP contribution is 2.16. The normalized spacial score (nSPS) is 11.7. The van der Waals surface area contributed by atoms with Crippen LogP contribution in [0.3, 0.4) is 0 Å². The number of methoxy groups -OCH3 is 1. The molecule has 1 aromatic rings. The van der Waals surface area contributed by atoms with Crippen LogP contribution in [0.5, 0.6) is 0 Å². The first-order chi connectivity index (χ1) is 9.18. The number of hydrogen-bond acceptors (Lipinski definition) is 4. The van der Waals surface area contributed by atoms with Crippen molar-refractivity contribution in [3.05, 3.63) is 27.4 Å². The van der Waals surface area contributed by atoms with Gasteiger partial charge in [-0.1, -0.05) is 0 Å². The van der Waals surface area contributed by atoms with E-state index in [0.29, 0.717) is 18.7 Å². The van der Waals surface area contributed by atoms with E-state index in [4.69, 9.17) is 9.84 Å². The Kier molecular flexibility index (Phi) is 5.05. The van der Waals surface area contributed by atoms with Crippen LogP contribution in [0.25, 0.3) is 0 Å². The lowest BCUT2D eigenvalue weighted by molar-refractivity contribution is -0.136. The molecule has 0 aliphatic rings. The molecule has 0 saturated carbocycles. The second kappa shape index (κ2) is 6.17. The molecule has 0 aromatic carbocycles. The molecule has 0 aliphatic carbocycles. The molecule has 0 aliphatic heterocycles. The summed E-state index contributed by atoms with van der Waals surface area (Å²) in [6.45, 7) is 7.70. The van der Waals surface area contributed by atoms with E-state index in [1.54, 1.807) is 18.6 Å². The molecule has 112 valence electrons. The molecule has 0 atom stereocenters. The van der Waals surface area contributed by atoms with Crippen LogP contribution in [0.15, 0.2) is 4.79 Å². The lowest BCUT2D eigenvalue weighted by Gasteiger charge is -2.26. The largest absolute Gasteiger partial charge is 0.481 e. The zero-order valence-electron chi connectivity index (χ0n) is 12.7. The molecule has 0 fully saturated rings. The lowest BCUT2D eigenvalue weighted by atomic mass is 10.1. The number of carboxylic acid groups (broad SMARTS) is 1. The standard InChI is InChI=1S/C14H22N2O4/c1-9-11(6-7-12(17)18)10(2)16(13(19)15-9)8-14(3,4)20-5/h6-8H2,1-5H3,(H,17,18). The fraction of sp³-hybridized carbons (Fsp3) is 0.643. The Balaban J connectivity index is 3.22. The number of nitrogens with zero attached hydrogens (tertiary/aromatic N) is 2. The first-order valence-corrected chi connectivity index (χ1v) is 6.52. The molecule has 0 amide bonds. The third kappa shape index (κ3) is 3.90. The molecule has 1 aromatic heterocycles. The van der Waals surface area contributed by atoms with Gasteiger partial charge in [0.15, 0.2) is 0 Å². The van der Waals surface area contributed by atoms with Crippen LogP contribution in [0, 0.1) is 13.8 Å². The molecule has 0 radical (unpaired) electrons. The van der Waals surface area contributed by atoms with Crippen LogP contribution < -0.4 is 5.69 Å². The van der Waals surface area contributed by atoms with E-state index in [-0.39, 0.29) is 12.1 Å². The predicted octanol–water partition coefficient (Wildman–Crippen LogP) is 1.30. The average molecular weight is 282 g/mol. The van der Waals surface area contributed by atoms with E-state index < -0.39 is 11.6 Å². The van der Waals surface area contributed by atoms with E-state index in [9.17, 15) is 9.59 Å². The number of ether oxygens (including phenoxy) is 1. The third-order valence-electron chi connectivity index (χ3n) is 3.45. The summed E-state index contributed by atoms with van der Waals surface area (Å²) in [5.41, 5.74) is 1.35. The molecule has 0 spiro atoms. The number of hydrogen-bond donors (Lipinski definition) is 1. The van der Waals surface area contributed by atoms with Crippen LogP contribution in [0.4, 0.5) is 0 Å². The fourth-order valence-corrected chi connectivity index (χ4v) is 2.06. The summed E-state index contributed by atoms with van der Waals surface area (Å²) in [4.78, 5) is 26.7. The number of aliphatic carboxylic acids is 1. The molecule has 6 nitrogen and oxygen atoms in total. The Bertz CT molecular complexity index is 561. The van der Waals surface area contributed by atoms with Crippen molar-refractivity contribution in [3.8, 4) is 0 Å². The van der Waals surface area contributed by atoms with Crippen LogP contribution in [0.1, 0.15) is 37.2 Å². The van der Waals surface area contributed by atoms with E-state index >= 15 is 0 Å². The summed E-state index contributed by atoms with van der Waals surface area (Å²) in [5.74, 6) is -0.862. The van der Waals surface area contributed by atoms with Crippen molar-refractivity contribution in [1.29, 1.82) is 0 Å². The SMILES string of the molecule is COC(C)(C)Cn1c(C)c(CCC(=O)O)c(C)nc1=O. The van der Waals surface area contributed by atoms with Crippen molar-refractivity contribution in [3.63, 3.8) is 0 Å². The highest BCUT2D eigenvalue weighted by molar-refractivity contribution is 5.67. The summed E-state index contributed by atoms with van der Waals surface area (Å²) in [6, 6.07) is 0. The van der Waals surface area contributed by atoms with Crippen molar-refractivity contribution < 1.29 is 14.6 Å². The molecule has 1 rings (SSSR count).